The van der Waals surface area contributed by atoms with Gasteiger partial charge in [-0.3, -0.25) is 14.5 Å². The van der Waals surface area contributed by atoms with Crippen LogP contribution in [0.2, 0.25) is 0 Å². The zero-order valence-corrected chi connectivity index (χ0v) is 17.6. The lowest BCUT2D eigenvalue weighted by Crippen LogP contribution is -2.27. The number of benzene rings is 2. The van der Waals surface area contributed by atoms with Gasteiger partial charge >= 0.3 is 5.97 Å². The molecule has 29 heavy (non-hydrogen) atoms. The van der Waals surface area contributed by atoms with Crippen molar-refractivity contribution in [2.45, 2.75) is 12.3 Å². The molecule has 2 aromatic carbocycles. The molecule has 0 aromatic heterocycles. The van der Waals surface area contributed by atoms with E-state index in [1.165, 1.54) is 33.1 Å². The fourth-order valence-corrected chi connectivity index (χ4v) is 4.38. The molecule has 1 aliphatic heterocycles. The van der Waals surface area contributed by atoms with Crippen LogP contribution in [0, 0.1) is 0 Å². The average molecular weight is 417 g/mol. The number of nitrogens with zero attached hydrogens (tertiary/aromatic N) is 1. The fraction of sp³-hybridized carbons (Fsp3) is 0.333. The van der Waals surface area contributed by atoms with E-state index in [1.54, 1.807) is 11.0 Å². The number of carbonyl (C=O) groups excluding carboxylic acids is 2. The normalized spacial score (nSPS) is 15.1. The summed E-state index contributed by atoms with van der Waals surface area (Å²) in [5.41, 5.74) is 1.89. The molecule has 0 radical (unpaired) electrons. The molecule has 0 fully saturated rings. The minimum absolute atomic E-state index is 0.107. The largest absolute Gasteiger partial charge is 0.494 e. The van der Waals surface area contributed by atoms with Gasteiger partial charge in [-0.05, 0) is 37.3 Å². The van der Waals surface area contributed by atoms with Crippen molar-refractivity contribution in [3.63, 3.8) is 0 Å². The minimum Gasteiger partial charge on any atom is -0.494 e. The number of esters is 1. The second-order valence-electron chi connectivity index (χ2n) is 6.11. The van der Waals surface area contributed by atoms with E-state index < -0.39 is 5.37 Å². The highest BCUT2D eigenvalue weighted by atomic mass is 32.2. The van der Waals surface area contributed by atoms with Gasteiger partial charge in [-0.25, -0.2) is 0 Å². The van der Waals surface area contributed by atoms with Gasteiger partial charge in [0.05, 0.1) is 39.3 Å². The lowest BCUT2D eigenvalue weighted by Gasteiger charge is -2.25. The number of ether oxygens (including phenoxy) is 4. The van der Waals surface area contributed by atoms with Crippen LogP contribution in [0.25, 0.3) is 0 Å². The Bertz CT molecular complexity index is 899. The molecule has 0 spiro atoms. The van der Waals surface area contributed by atoms with Crippen LogP contribution >= 0.6 is 11.8 Å². The number of hydrogen-bond acceptors (Lipinski definition) is 7. The van der Waals surface area contributed by atoms with Gasteiger partial charge in [0.1, 0.15) is 11.1 Å². The Labute approximate surface area is 173 Å². The Morgan fingerprint density at radius 3 is 2.38 bits per heavy atom. The van der Waals surface area contributed by atoms with Crippen LogP contribution in [0.5, 0.6) is 17.2 Å². The van der Waals surface area contributed by atoms with Crippen molar-refractivity contribution in [1.29, 1.82) is 0 Å². The summed E-state index contributed by atoms with van der Waals surface area (Å²) in [6.45, 7) is 2.47. The van der Waals surface area contributed by atoms with Crippen LogP contribution in [0.4, 0.5) is 5.69 Å². The predicted molar refractivity (Wildman–Crippen MR) is 111 cm³/mol. The first-order chi connectivity index (χ1) is 14.0. The van der Waals surface area contributed by atoms with Gasteiger partial charge in [-0.1, -0.05) is 6.07 Å². The second-order valence-corrected chi connectivity index (χ2v) is 7.18. The third-order valence-electron chi connectivity index (χ3n) is 4.52. The summed E-state index contributed by atoms with van der Waals surface area (Å²) in [5, 5.41) is -0.408. The maximum absolute atomic E-state index is 13.4. The van der Waals surface area contributed by atoms with Gasteiger partial charge in [0.25, 0.3) is 5.91 Å². The van der Waals surface area contributed by atoms with Crippen molar-refractivity contribution in [3.05, 3.63) is 47.5 Å². The van der Waals surface area contributed by atoms with Crippen molar-refractivity contribution in [3.8, 4) is 17.2 Å². The quantitative estimate of drug-likeness (QED) is 0.607. The van der Waals surface area contributed by atoms with Crippen molar-refractivity contribution < 1.29 is 28.5 Å². The summed E-state index contributed by atoms with van der Waals surface area (Å²) >= 11 is 1.32. The zero-order chi connectivity index (χ0) is 21.0. The van der Waals surface area contributed by atoms with Gasteiger partial charge in [0, 0.05) is 11.3 Å². The van der Waals surface area contributed by atoms with E-state index >= 15 is 0 Å². The Hall–Kier alpha value is -2.87. The topological polar surface area (TPSA) is 74.3 Å². The van der Waals surface area contributed by atoms with Gasteiger partial charge < -0.3 is 18.9 Å². The smallest absolute Gasteiger partial charge is 0.315 e. The van der Waals surface area contributed by atoms with Crippen LogP contribution in [0.3, 0.4) is 0 Å². The lowest BCUT2D eigenvalue weighted by molar-refractivity contribution is -0.137. The van der Waals surface area contributed by atoms with E-state index in [0.29, 0.717) is 29.4 Å². The lowest BCUT2D eigenvalue weighted by atomic mass is 10.1. The molecule has 0 saturated heterocycles. The number of carbonyl (C=O) groups is 2. The molecule has 0 N–H and O–H groups in total. The van der Waals surface area contributed by atoms with Crippen LogP contribution in [0.1, 0.15) is 28.2 Å². The Kier molecular flexibility index (Phi) is 6.53. The summed E-state index contributed by atoms with van der Waals surface area (Å²) < 4.78 is 21.1. The van der Waals surface area contributed by atoms with Gasteiger partial charge in [-0.15, -0.1) is 11.8 Å². The Morgan fingerprint density at radius 1 is 1.07 bits per heavy atom. The summed E-state index contributed by atoms with van der Waals surface area (Å²) in [6, 6.07) is 10.9. The van der Waals surface area contributed by atoms with Crippen LogP contribution in [0.15, 0.2) is 36.4 Å². The molecule has 0 bridgehead atoms. The summed E-state index contributed by atoms with van der Waals surface area (Å²) in [4.78, 5) is 26.8. The van der Waals surface area contributed by atoms with E-state index in [-0.39, 0.29) is 17.6 Å². The Morgan fingerprint density at radius 2 is 1.79 bits per heavy atom. The maximum atomic E-state index is 13.4. The van der Waals surface area contributed by atoms with Gasteiger partial charge in [0.2, 0.25) is 0 Å². The number of rotatable bonds is 8. The molecule has 2 aromatic rings. The molecule has 1 aliphatic rings. The number of thioether (sulfide) groups is 1. The maximum Gasteiger partial charge on any atom is 0.315 e. The molecule has 1 amide bonds. The molecule has 0 unspecified atom stereocenters. The minimum atomic E-state index is -0.408. The van der Waals surface area contributed by atoms with E-state index in [4.69, 9.17) is 18.9 Å². The molecular weight excluding hydrogens is 394 g/mol. The third kappa shape index (κ3) is 3.98. The number of methoxy groups -OCH3 is 3. The molecule has 0 aliphatic carbocycles. The van der Waals surface area contributed by atoms with Crippen LogP contribution in [-0.2, 0) is 9.53 Å². The van der Waals surface area contributed by atoms with E-state index in [9.17, 15) is 9.59 Å². The van der Waals surface area contributed by atoms with Crippen molar-refractivity contribution in [2.75, 3.05) is 38.6 Å². The highest BCUT2D eigenvalue weighted by Crippen LogP contribution is 2.49. The highest BCUT2D eigenvalue weighted by Gasteiger charge is 2.41. The molecular formula is C21H23NO6S. The second kappa shape index (κ2) is 9.09. The zero-order valence-electron chi connectivity index (χ0n) is 16.8. The number of fused-ring (bicyclic) bond motifs is 1. The van der Waals surface area contributed by atoms with Crippen LogP contribution < -0.4 is 19.1 Å². The molecule has 8 heteroatoms. The SMILES string of the molecule is CCOc1ccc(N2C(=O)c3c(ccc(OC)c3OC)[C@@H]2SCC(=O)OC)cc1. The monoisotopic (exact) mass is 417 g/mol. The van der Waals surface area contributed by atoms with E-state index in [2.05, 4.69) is 0 Å². The average Bonchev–Trinajstić information content (AvgIpc) is 3.03. The Balaban J connectivity index is 2.05. The van der Waals surface area contributed by atoms with Crippen LogP contribution in [-0.4, -0.2) is 45.6 Å². The summed E-state index contributed by atoms with van der Waals surface area (Å²) in [6.07, 6.45) is 0. The van der Waals surface area contributed by atoms with Gasteiger partial charge in [0.15, 0.2) is 11.5 Å². The fourth-order valence-electron chi connectivity index (χ4n) is 3.23. The number of amides is 1. The van der Waals surface area contributed by atoms with Crippen molar-refractivity contribution >= 4 is 29.3 Å². The van der Waals surface area contributed by atoms with Crippen molar-refractivity contribution in [2.24, 2.45) is 0 Å². The molecule has 1 heterocycles. The third-order valence-corrected chi connectivity index (χ3v) is 5.71. The van der Waals surface area contributed by atoms with Gasteiger partial charge in [-0.2, -0.15) is 0 Å². The first-order valence-electron chi connectivity index (χ1n) is 9.05. The summed E-state index contributed by atoms with van der Waals surface area (Å²) in [7, 11) is 4.37. The van der Waals surface area contributed by atoms with E-state index in [1.807, 2.05) is 37.3 Å². The number of hydrogen-bond donors (Lipinski definition) is 0. The van der Waals surface area contributed by atoms with E-state index in [0.717, 1.165) is 11.3 Å². The molecule has 7 nitrogen and oxygen atoms in total. The molecule has 154 valence electrons. The summed E-state index contributed by atoms with van der Waals surface area (Å²) in [5.74, 6) is 1.11. The molecule has 1 atom stereocenters. The first kappa shape index (κ1) is 20.9. The highest BCUT2D eigenvalue weighted by molar-refractivity contribution is 8.00. The van der Waals surface area contributed by atoms with Crippen molar-refractivity contribution in [1.82, 2.24) is 0 Å². The standard InChI is InChI=1S/C21H23NO6S/c1-5-28-14-8-6-13(7-9-14)22-20(24)18-15(21(22)29-12-17(23)26-3)10-11-16(25-2)19(18)27-4/h6-11,21H,5,12H2,1-4H3/t21-/m0/s1. The molecule has 0 saturated carbocycles. The first-order valence-corrected chi connectivity index (χ1v) is 10.1. The predicted octanol–water partition coefficient (Wildman–Crippen LogP) is 3.67. The molecule has 3 rings (SSSR count). The number of anilines is 1.